The molecule has 0 saturated heterocycles. The third kappa shape index (κ3) is 7.45. The van der Waals surface area contributed by atoms with Crippen molar-refractivity contribution in [1.29, 1.82) is 5.26 Å². The lowest BCUT2D eigenvalue weighted by atomic mass is 9.87. The summed E-state index contributed by atoms with van der Waals surface area (Å²) in [6.45, 7) is 0. The number of benzene rings is 11. The maximum absolute atomic E-state index is 10.6. The number of fused-ring (bicyclic) bond motifs is 4. The Balaban J connectivity index is 0.902. The highest BCUT2D eigenvalue weighted by Crippen LogP contribution is 2.41. The summed E-state index contributed by atoms with van der Waals surface area (Å²) >= 11 is 0. The number of hydrogen-bond acceptors (Lipinski definition) is 4. The van der Waals surface area contributed by atoms with Crippen molar-refractivity contribution < 1.29 is 0 Å². The Morgan fingerprint density at radius 3 is 1.35 bits per heavy atom. The minimum absolute atomic E-state index is 0.579. The second-order valence-electron chi connectivity index (χ2n) is 17.0. The summed E-state index contributed by atoms with van der Waals surface area (Å²) in [7, 11) is 0. The standard InChI is InChI=1S/C64H40N4/c65-41-53-20-12-26-59(61(53)52-19-10-18-50(39-52)57-23-8-9-24-58(57)51-38-33-46-28-27-43-14-5-7-22-56(43)60(46)40-51)45-31-36-49(37-32-45)64-67-62(47-15-2-1-3-16-47)66-63(68-64)48-34-29-44(30-35-48)55-25-11-17-42-13-4-6-21-54(42)55/h1-40H. The Morgan fingerprint density at radius 2 is 0.676 bits per heavy atom. The zero-order valence-electron chi connectivity index (χ0n) is 36.9. The smallest absolute Gasteiger partial charge is 0.164 e. The molecule has 1 heterocycles. The first-order chi connectivity index (χ1) is 33.6. The van der Waals surface area contributed by atoms with E-state index in [9.17, 15) is 5.26 Å². The number of rotatable bonds is 8. The van der Waals surface area contributed by atoms with Crippen LogP contribution in [-0.2, 0) is 0 Å². The van der Waals surface area contributed by atoms with E-state index in [1.807, 2.05) is 42.5 Å². The van der Waals surface area contributed by atoms with Crippen LogP contribution in [0.5, 0.6) is 0 Å². The lowest BCUT2D eigenvalue weighted by Crippen LogP contribution is -2.00. The van der Waals surface area contributed by atoms with E-state index in [4.69, 9.17) is 15.0 Å². The zero-order chi connectivity index (χ0) is 45.4. The monoisotopic (exact) mass is 864 g/mol. The molecule has 0 atom stereocenters. The number of nitrogens with zero attached hydrogens (tertiary/aromatic N) is 4. The Morgan fingerprint density at radius 1 is 0.265 bits per heavy atom. The summed E-state index contributed by atoms with van der Waals surface area (Å²) in [6, 6.07) is 87.1. The van der Waals surface area contributed by atoms with E-state index in [2.05, 4.69) is 206 Å². The molecule has 0 fully saturated rings. The van der Waals surface area contributed by atoms with E-state index in [1.165, 1.54) is 37.9 Å². The average molecular weight is 865 g/mol. The van der Waals surface area contributed by atoms with E-state index in [1.54, 1.807) is 0 Å². The fourth-order valence-corrected chi connectivity index (χ4v) is 9.62. The molecule has 0 aliphatic heterocycles. The predicted molar refractivity (Wildman–Crippen MR) is 281 cm³/mol. The molecule has 0 unspecified atom stereocenters. The van der Waals surface area contributed by atoms with Crippen molar-refractivity contribution in [2.24, 2.45) is 0 Å². The van der Waals surface area contributed by atoms with Crippen LogP contribution in [0.25, 0.3) is 122 Å². The van der Waals surface area contributed by atoms with Gasteiger partial charge in [-0.15, -0.1) is 0 Å². The van der Waals surface area contributed by atoms with Gasteiger partial charge in [-0.2, -0.15) is 5.26 Å². The molecule has 68 heavy (non-hydrogen) atoms. The fourth-order valence-electron chi connectivity index (χ4n) is 9.62. The third-order valence-electron chi connectivity index (χ3n) is 13.0. The molecule has 0 spiro atoms. The molecule has 1 aromatic heterocycles. The highest BCUT2D eigenvalue weighted by Gasteiger charge is 2.18. The molecule has 12 aromatic rings. The number of aromatic nitrogens is 3. The molecule has 316 valence electrons. The van der Waals surface area contributed by atoms with Crippen LogP contribution in [-0.4, -0.2) is 15.0 Å². The largest absolute Gasteiger partial charge is 0.208 e. The van der Waals surface area contributed by atoms with Crippen LogP contribution in [0.15, 0.2) is 243 Å². The Kier molecular flexibility index (Phi) is 10.2. The molecule has 0 saturated carbocycles. The van der Waals surface area contributed by atoms with Gasteiger partial charge in [-0.3, -0.25) is 0 Å². The molecule has 0 aliphatic rings. The lowest BCUT2D eigenvalue weighted by Gasteiger charge is -2.16. The Hall–Kier alpha value is -9.30. The predicted octanol–water partition coefficient (Wildman–Crippen LogP) is 16.5. The van der Waals surface area contributed by atoms with Crippen LogP contribution in [0.3, 0.4) is 0 Å². The van der Waals surface area contributed by atoms with Crippen LogP contribution < -0.4 is 0 Å². The van der Waals surface area contributed by atoms with Crippen LogP contribution in [0.4, 0.5) is 0 Å². The minimum atomic E-state index is 0.579. The number of nitriles is 1. The topological polar surface area (TPSA) is 62.5 Å². The van der Waals surface area contributed by atoms with Crippen molar-refractivity contribution in [3.05, 3.63) is 248 Å². The average Bonchev–Trinajstić information content (AvgIpc) is 3.42. The minimum Gasteiger partial charge on any atom is -0.208 e. The first-order valence-corrected chi connectivity index (χ1v) is 22.8. The van der Waals surface area contributed by atoms with Gasteiger partial charge in [-0.05, 0) is 101 Å². The normalized spacial score (nSPS) is 11.2. The van der Waals surface area contributed by atoms with Gasteiger partial charge in [0.2, 0.25) is 0 Å². The molecular weight excluding hydrogens is 825 g/mol. The molecular formula is C64H40N4. The van der Waals surface area contributed by atoms with Crippen LogP contribution in [0.1, 0.15) is 5.56 Å². The van der Waals surface area contributed by atoms with Gasteiger partial charge in [-0.25, -0.2) is 15.0 Å². The molecule has 4 heteroatoms. The van der Waals surface area contributed by atoms with Gasteiger partial charge in [0.15, 0.2) is 17.5 Å². The van der Waals surface area contributed by atoms with E-state index in [0.29, 0.717) is 23.0 Å². The van der Waals surface area contributed by atoms with Crippen LogP contribution >= 0.6 is 0 Å². The van der Waals surface area contributed by atoms with Gasteiger partial charge in [0.1, 0.15) is 0 Å². The molecule has 0 N–H and O–H groups in total. The molecule has 0 bridgehead atoms. The SMILES string of the molecule is N#Cc1cccc(-c2ccc(-c3nc(-c4ccccc4)nc(-c4ccc(-c5cccc6ccccc56)cc4)n3)cc2)c1-c1cccc(-c2ccccc2-c2ccc3ccc4ccccc4c3c2)c1. The van der Waals surface area contributed by atoms with Crippen molar-refractivity contribution in [2.45, 2.75) is 0 Å². The Bertz CT molecular complexity index is 3900. The van der Waals surface area contributed by atoms with Gasteiger partial charge in [0.25, 0.3) is 0 Å². The second kappa shape index (κ2) is 17.2. The summed E-state index contributed by atoms with van der Waals surface area (Å²) in [5.74, 6) is 1.78. The first kappa shape index (κ1) is 40.2. The van der Waals surface area contributed by atoms with Crippen molar-refractivity contribution in [1.82, 2.24) is 15.0 Å². The van der Waals surface area contributed by atoms with Gasteiger partial charge < -0.3 is 0 Å². The van der Waals surface area contributed by atoms with Crippen molar-refractivity contribution in [3.63, 3.8) is 0 Å². The zero-order valence-corrected chi connectivity index (χ0v) is 36.9. The highest BCUT2D eigenvalue weighted by molar-refractivity contribution is 6.09. The van der Waals surface area contributed by atoms with Crippen molar-refractivity contribution in [3.8, 4) is 95.9 Å². The lowest BCUT2D eigenvalue weighted by molar-refractivity contribution is 1.07. The van der Waals surface area contributed by atoms with Crippen LogP contribution in [0, 0.1) is 11.3 Å². The van der Waals surface area contributed by atoms with E-state index >= 15 is 0 Å². The van der Waals surface area contributed by atoms with Gasteiger partial charge in [-0.1, -0.05) is 224 Å². The van der Waals surface area contributed by atoms with Crippen LogP contribution in [0.2, 0.25) is 0 Å². The quantitative estimate of drug-likeness (QED) is 0.143. The molecule has 4 nitrogen and oxygen atoms in total. The summed E-state index contributed by atoms with van der Waals surface area (Å²) in [5.41, 5.74) is 13.9. The maximum atomic E-state index is 10.6. The van der Waals surface area contributed by atoms with E-state index in [0.717, 1.165) is 66.8 Å². The summed E-state index contributed by atoms with van der Waals surface area (Å²) in [6.07, 6.45) is 0. The molecule has 0 radical (unpaired) electrons. The number of hydrogen-bond donors (Lipinski definition) is 0. The molecule has 11 aromatic carbocycles. The van der Waals surface area contributed by atoms with Gasteiger partial charge in [0, 0.05) is 22.3 Å². The Labute approximate surface area is 394 Å². The maximum Gasteiger partial charge on any atom is 0.164 e. The summed E-state index contributed by atoms with van der Waals surface area (Å²) in [4.78, 5) is 15.1. The van der Waals surface area contributed by atoms with Gasteiger partial charge in [0.05, 0.1) is 11.6 Å². The summed E-state index contributed by atoms with van der Waals surface area (Å²) in [5, 5.41) is 17.9. The highest BCUT2D eigenvalue weighted by atomic mass is 15.0. The summed E-state index contributed by atoms with van der Waals surface area (Å²) < 4.78 is 0. The second-order valence-corrected chi connectivity index (χ2v) is 17.0. The molecule has 12 rings (SSSR count). The first-order valence-electron chi connectivity index (χ1n) is 22.8. The van der Waals surface area contributed by atoms with Gasteiger partial charge >= 0.3 is 0 Å². The third-order valence-corrected chi connectivity index (χ3v) is 13.0. The van der Waals surface area contributed by atoms with Crippen molar-refractivity contribution in [2.75, 3.05) is 0 Å². The molecule has 0 amide bonds. The van der Waals surface area contributed by atoms with E-state index < -0.39 is 0 Å². The van der Waals surface area contributed by atoms with E-state index in [-0.39, 0.29) is 0 Å². The fraction of sp³-hybridized carbons (Fsp3) is 0. The van der Waals surface area contributed by atoms with Crippen molar-refractivity contribution >= 4 is 32.3 Å². The molecule has 0 aliphatic carbocycles.